The Bertz CT molecular complexity index is 911. The van der Waals surface area contributed by atoms with Crippen LogP contribution in [0.3, 0.4) is 0 Å². The van der Waals surface area contributed by atoms with Crippen LogP contribution in [-0.4, -0.2) is 64.9 Å². The van der Waals surface area contributed by atoms with Gasteiger partial charge in [-0.15, -0.1) is 0 Å². The summed E-state index contributed by atoms with van der Waals surface area (Å²) in [6.45, 7) is 2.43. The van der Waals surface area contributed by atoms with E-state index in [0.717, 1.165) is 64.2 Å². The number of carboxylic acid groups (broad SMARTS) is 1. The van der Waals surface area contributed by atoms with Gasteiger partial charge in [0.05, 0.1) is 13.2 Å². The summed E-state index contributed by atoms with van der Waals surface area (Å²) in [5, 5.41) is 21.6. The van der Waals surface area contributed by atoms with Crippen LogP contribution in [0, 0.1) is 0 Å². The smallest absolute Gasteiger partial charge is 0.472 e. The lowest BCUT2D eigenvalue weighted by atomic mass is 10.1. The second kappa shape index (κ2) is 31.2. The Balaban J connectivity index is 3.97. The van der Waals surface area contributed by atoms with Crippen molar-refractivity contribution in [2.24, 2.45) is 0 Å². The van der Waals surface area contributed by atoms with E-state index in [0.29, 0.717) is 12.8 Å². The van der Waals surface area contributed by atoms with Gasteiger partial charge >= 0.3 is 19.8 Å². The molecule has 3 atom stereocenters. The van der Waals surface area contributed by atoms with E-state index < -0.39 is 57.6 Å². The van der Waals surface area contributed by atoms with Gasteiger partial charge in [-0.1, -0.05) is 115 Å². The topological polar surface area (TPSA) is 169 Å². The van der Waals surface area contributed by atoms with E-state index in [2.05, 4.69) is 48.0 Å². The van der Waals surface area contributed by atoms with Gasteiger partial charge in [0.2, 0.25) is 5.91 Å². The van der Waals surface area contributed by atoms with Crippen LogP contribution < -0.4 is 5.32 Å². The largest absolute Gasteiger partial charge is 0.480 e. The number of carbonyl (C=O) groups excluding carboxylic acids is 2. The molecular formula is C35H64NO10P. The first-order valence-electron chi connectivity index (χ1n) is 17.9. The Morgan fingerprint density at radius 3 is 1.74 bits per heavy atom. The van der Waals surface area contributed by atoms with Gasteiger partial charge in [-0.25, -0.2) is 9.36 Å². The fraction of sp³-hybridized carbons (Fsp3) is 0.800. The standard InChI is InChI=1S/C35H64NO10P/c1-3-5-7-9-10-11-12-13-14-15-16-17-18-19-20-21-23-24-26-33(38)36-32(35(40)41)30-46-47(42,43)45-29-31(37)28-44-34(39)27-25-22-8-6-4-2/h11-12,14-15,31-32,37H,3-10,13,16-30H2,1-2H3,(H,36,38)(H,40,41)(H,42,43)/b12-11-,15-14-. The number of rotatable bonds is 33. The van der Waals surface area contributed by atoms with Crippen molar-refractivity contribution in [2.45, 2.75) is 161 Å². The molecule has 0 spiro atoms. The first kappa shape index (κ1) is 45.0. The van der Waals surface area contributed by atoms with Gasteiger partial charge < -0.3 is 25.2 Å². The molecule has 0 radical (unpaired) electrons. The minimum absolute atomic E-state index is 0.138. The van der Waals surface area contributed by atoms with E-state index in [9.17, 15) is 34.1 Å². The number of ether oxygens (including phenoxy) is 1. The van der Waals surface area contributed by atoms with Crippen LogP contribution in [0.15, 0.2) is 24.3 Å². The maximum Gasteiger partial charge on any atom is 0.472 e. The first-order valence-corrected chi connectivity index (χ1v) is 19.4. The van der Waals surface area contributed by atoms with Gasteiger partial charge in [0.15, 0.2) is 6.04 Å². The quantitative estimate of drug-likeness (QED) is 0.0230. The van der Waals surface area contributed by atoms with Crippen LogP contribution in [0.2, 0.25) is 0 Å². The molecule has 3 unspecified atom stereocenters. The summed E-state index contributed by atoms with van der Waals surface area (Å²) in [7, 11) is -4.74. The molecule has 1 amide bonds. The fourth-order valence-electron chi connectivity index (χ4n) is 4.64. The molecular weight excluding hydrogens is 625 g/mol. The van der Waals surface area contributed by atoms with Crippen molar-refractivity contribution in [3.63, 3.8) is 0 Å². The number of carboxylic acids is 1. The van der Waals surface area contributed by atoms with E-state index in [4.69, 9.17) is 9.26 Å². The number of aliphatic hydroxyl groups is 1. The molecule has 0 bridgehead atoms. The van der Waals surface area contributed by atoms with Gasteiger partial charge in [-0.05, 0) is 44.9 Å². The number of nitrogens with one attached hydrogen (secondary N) is 1. The minimum atomic E-state index is -4.74. The minimum Gasteiger partial charge on any atom is -0.480 e. The lowest BCUT2D eigenvalue weighted by molar-refractivity contribution is -0.147. The Kier molecular flexibility index (Phi) is 29.9. The number of phosphoric ester groups is 1. The highest BCUT2D eigenvalue weighted by atomic mass is 31.2. The summed E-state index contributed by atoms with van der Waals surface area (Å²) >= 11 is 0. The van der Waals surface area contributed by atoms with Crippen LogP contribution in [-0.2, 0) is 32.7 Å². The van der Waals surface area contributed by atoms with E-state index in [1.807, 2.05) is 0 Å². The Labute approximate surface area is 283 Å². The Hall–Kier alpha value is -2.04. The summed E-state index contributed by atoms with van der Waals surface area (Å²) in [6.07, 6.45) is 28.3. The number of amides is 1. The zero-order chi connectivity index (χ0) is 35.0. The molecule has 12 heteroatoms. The summed E-state index contributed by atoms with van der Waals surface area (Å²) in [5.74, 6) is -2.40. The van der Waals surface area contributed by atoms with E-state index in [1.54, 1.807) is 0 Å². The van der Waals surface area contributed by atoms with Gasteiger partial charge in [0.25, 0.3) is 0 Å². The SMILES string of the molecule is CCCCCC/C=C\C/C=C\CCCCCCCCCC(=O)NC(COP(=O)(O)OCC(O)COC(=O)CCCCCCC)C(=O)O. The number of esters is 1. The molecule has 0 rings (SSSR count). The van der Waals surface area contributed by atoms with Gasteiger partial charge in [0, 0.05) is 12.8 Å². The summed E-state index contributed by atoms with van der Waals surface area (Å²) in [5.41, 5.74) is 0. The number of aliphatic hydroxyl groups excluding tert-OH is 1. The molecule has 0 aliphatic carbocycles. The molecule has 274 valence electrons. The van der Waals surface area contributed by atoms with Crippen molar-refractivity contribution in [1.29, 1.82) is 0 Å². The second-order valence-electron chi connectivity index (χ2n) is 12.1. The molecule has 0 fully saturated rings. The molecule has 0 aromatic rings. The predicted octanol–water partition coefficient (Wildman–Crippen LogP) is 7.94. The van der Waals surface area contributed by atoms with Crippen molar-refractivity contribution in [3.8, 4) is 0 Å². The van der Waals surface area contributed by atoms with E-state index in [1.165, 1.54) is 44.9 Å². The third-order valence-corrected chi connectivity index (χ3v) is 8.44. The molecule has 4 N–H and O–H groups in total. The highest BCUT2D eigenvalue weighted by Crippen LogP contribution is 2.43. The van der Waals surface area contributed by atoms with Gasteiger partial charge in [0.1, 0.15) is 12.7 Å². The number of hydrogen-bond acceptors (Lipinski definition) is 8. The van der Waals surface area contributed by atoms with Crippen molar-refractivity contribution in [3.05, 3.63) is 24.3 Å². The van der Waals surface area contributed by atoms with Crippen molar-refractivity contribution in [1.82, 2.24) is 5.32 Å². The summed E-state index contributed by atoms with van der Waals surface area (Å²) < 4.78 is 26.5. The highest BCUT2D eigenvalue weighted by molar-refractivity contribution is 7.47. The van der Waals surface area contributed by atoms with Gasteiger partial charge in [-0.2, -0.15) is 0 Å². The zero-order valence-electron chi connectivity index (χ0n) is 29.1. The average Bonchev–Trinajstić information content (AvgIpc) is 3.04. The molecule has 0 aromatic carbocycles. The van der Waals surface area contributed by atoms with Gasteiger partial charge in [-0.3, -0.25) is 18.6 Å². The van der Waals surface area contributed by atoms with E-state index in [-0.39, 0.29) is 12.8 Å². The number of aliphatic carboxylic acids is 1. The number of phosphoric acid groups is 1. The lowest BCUT2D eigenvalue weighted by Crippen LogP contribution is -2.43. The molecule has 0 saturated heterocycles. The van der Waals surface area contributed by atoms with Crippen molar-refractivity contribution >= 4 is 25.7 Å². The average molecular weight is 690 g/mol. The number of unbranched alkanes of at least 4 members (excludes halogenated alkanes) is 15. The molecule has 0 aliphatic heterocycles. The van der Waals surface area contributed by atoms with Crippen LogP contribution in [0.4, 0.5) is 0 Å². The molecule has 0 heterocycles. The van der Waals surface area contributed by atoms with E-state index >= 15 is 0 Å². The van der Waals surface area contributed by atoms with Crippen LogP contribution in [0.5, 0.6) is 0 Å². The number of allylic oxidation sites excluding steroid dienone is 4. The number of hydrogen-bond donors (Lipinski definition) is 4. The second-order valence-corrected chi connectivity index (χ2v) is 13.5. The maximum atomic E-state index is 12.2. The predicted molar refractivity (Wildman–Crippen MR) is 185 cm³/mol. The van der Waals surface area contributed by atoms with Crippen molar-refractivity contribution < 1.29 is 47.8 Å². The third kappa shape index (κ3) is 31.0. The zero-order valence-corrected chi connectivity index (χ0v) is 30.0. The monoisotopic (exact) mass is 689 g/mol. The summed E-state index contributed by atoms with van der Waals surface area (Å²) in [6, 6.07) is -1.55. The molecule has 0 saturated carbocycles. The number of carbonyl (C=O) groups is 3. The molecule has 0 aliphatic rings. The Morgan fingerprint density at radius 2 is 1.17 bits per heavy atom. The molecule has 11 nitrogen and oxygen atoms in total. The normalized spacial score (nSPS) is 14.3. The molecule has 47 heavy (non-hydrogen) atoms. The van der Waals surface area contributed by atoms with Crippen LogP contribution in [0.25, 0.3) is 0 Å². The maximum absolute atomic E-state index is 12.2. The Morgan fingerprint density at radius 1 is 0.681 bits per heavy atom. The highest BCUT2D eigenvalue weighted by Gasteiger charge is 2.28. The lowest BCUT2D eigenvalue weighted by Gasteiger charge is -2.18. The third-order valence-electron chi connectivity index (χ3n) is 7.49. The van der Waals surface area contributed by atoms with Crippen LogP contribution >= 0.6 is 7.82 Å². The van der Waals surface area contributed by atoms with Crippen molar-refractivity contribution in [2.75, 3.05) is 19.8 Å². The summed E-state index contributed by atoms with van der Waals surface area (Å²) in [4.78, 5) is 45.3. The molecule has 0 aromatic heterocycles. The first-order chi connectivity index (χ1) is 22.6. The fourth-order valence-corrected chi connectivity index (χ4v) is 5.41. The van der Waals surface area contributed by atoms with Crippen LogP contribution in [0.1, 0.15) is 149 Å².